The fraction of sp³-hybridized carbons (Fsp3) is 0.462. The Morgan fingerprint density at radius 2 is 2.00 bits per heavy atom. The van der Waals surface area contributed by atoms with Gasteiger partial charge < -0.3 is 9.47 Å². The molecule has 0 saturated carbocycles. The Labute approximate surface area is 101 Å². The van der Waals surface area contributed by atoms with Crippen molar-refractivity contribution in [3.63, 3.8) is 0 Å². The summed E-state index contributed by atoms with van der Waals surface area (Å²) in [6.07, 6.45) is 1.83. The minimum absolute atomic E-state index is 0.333. The number of hydrogen-bond donors (Lipinski definition) is 0. The first kappa shape index (κ1) is 13.5. The summed E-state index contributed by atoms with van der Waals surface area (Å²) in [6.45, 7) is 2.03. The van der Waals surface area contributed by atoms with Crippen LogP contribution in [-0.4, -0.2) is 19.2 Å². The minimum Gasteiger partial charge on any atom is -0.479 e. The van der Waals surface area contributed by atoms with Gasteiger partial charge in [-0.25, -0.2) is 9.18 Å². The molecule has 1 atom stereocenters. The molecule has 1 rings (SSSR count). The summed E-state index contributed by atoms with van der Waals surface area (Å²) in [5.74, 6) is -0.263. The van der Waals surface area contributed by atoms with Gasteiger partial charge in [-0.15, -0.1) is 0 Å². The van der Waals surface area contributed by atoms with Gasteiger partial charge in [0.05, 0.1) is 7.11 Å². The highest BCUT2D eigenvalue weighted by atomic mass is 19.1. The number of hydrogen-bond acceptors (Lipinski definition) is 3. The molecule has 0 radical (unpaired) electrons. The number of halogens is 1. The second-order valence-corrected chi connectivity index (χ2v) is 3.73. The van der Waals surface area contributed by atoms with Crippen molar-refractivity contribution in [3.8, 4) is 5.75 Å². The third-order valence-corrected chi connectivity index (χ3v) is 2.38. The van der Waals surface area contributed by atoms with Crippen molar-refractivity contribution in [1.82, 2.24) is 0 Å². The highest BCUT2D eigenvalue weighted by Gasteiger charge is 2.20. The fourth-order valence-corrected chi connectivity index (χ4v) is 1.42. The van der Waals surface area contributed by atoms with Crippen LogP contribution in [0.1, 0.15) is 26.2 Å². The number of carbonyl (C=O) groups is 1. The lowest BCUT2D eigenvalue weighted by Gasteiger charge is -2.16. The quantitative estimate of drug-likeness (QED) is 0.717. The van der Waals surface area contributed by atoms with Crippen LogP contribution in [0.4, 0.5) is 4.39 Å². The van der Waals surface area contributed by atoms with E-state index in [0.29, 0.717) is 12.2 Å². The molecule has 1 aromatic rings. The van der Waals surface area contributed by atoms with Crippen LogP contribution < -0.4 is 4.74 Å². The van der Waals surface area contributed by atoms with Crippen molar-refractivity contribution in [1.29, 1.82) is 0 Å². The van der Waals surface area contributed by atoms with Crippen molar-refractivity contribution in [3.05, 3.63) is 30.1 Å². The Morgan fingerprint density at radius 1 is 1.35 bits per heavy atom. The number of rotatable bonds is 6. The zero-order chi connectivity index (χ0) is 12.7. The van der Waals surface area contributed by atoms with Crippen molar-refractivity contribution in [2.24, 2.45) is 0 Å². The van der Waals surface area contributed by atoms with Crippen molar-refractivity contribution >= 4 is 5.97 Å². The summed E-state index contributed by atoms with van der Waals surface area (Å²) < 4.78 is 22.9. The van der Waals surface area contributed by atoms with Crippen molar-refractivity contribution < 1.29 is 18.7 Å². The van der Waals surface area contributed by atoms with E-state index in [4.69, 9.17) is 4.74 Å². The molecule has 3 nitrogen and oxygen atoms in total. The molecule has 4 heteroatoms. The lowest BCUT2D eigenvalue weighted by molar-refractivity contribution is -0.149. The van der Waals surface area contributed by atoms with E-state index < -0.39 is 12.1 Å². The van der Waals surface area contributed by atoms with Crippen molar-refractivity contribution in [2.45, 2.75) is 32.3 Å². The molecule has 0 saturated heterocycles. The Kier molecular flexibility index (Phi) is 5.46. The average molecular weight is 240 g/mol. The number of esters is 1. The molecule has 1 aromatic carbocycles. The van der Waals surface area contributed by atoms with Crippen LogP contribution in [-0.2, 0) is 9.53 Å². The Bertz CT molecular complexity index is 348. The first-order valence-electron chi connectivity index (χ1n) is 5.67. The van der Waals surface area contributed by atoms with Crippen LogP contribution in [0.15, 0.2) is 24.3 Å². The van der Waals surface area contributed by atoms with E-state index >= 15 is 0 Å². The molecule has 94 valence electrons. The maximum Gasteiger partial charge on any atom is 0.347 e. The topological polar surface area (TPSA) is 35.5 Å². The summed E-state index contributed by atoms with van der Waals surface area (Å²) in [6, 6.07) is 5.58. The van der Waals surface area contributed by atoms with E-state index in [-0.39, 0.29) is 5.82 Å². The monoisotopic (exact) mass is 240 g/mol. The lowest BCUT2D eigenvalue weighted by atomic mass is 10.1. The fourth-order valence-electron chi connectivity index (χ4n) is 1.42. The van der Waals surface area contributed by atoms with E-state index in [2.05, 4.69) is 4.74 Å². The van der Waals surface area contributed by atoms with Gasteiger partial charge in [-0.3, -0.25) is 0 Å². The summed E-state index contributed by atoms with van der Waals surface area (Å²) in [7, 11) is 1.33. The molecule has 0 aliphatic carbocycles. The van der Waals surface area contributed by atoms with Crippen LogP contribution in [0.25, 0.3) is 0 Å². The molecule has 0 N–H and O–H groups in total. The van der Waals surface area contributed by atoms with E-state index in [9.17, 15) is 9.18 Å². The van der Waals surface area contributed by atoms with Crippen LogP contribution in [0.3, 0.4) is 0 Å². The molecule has 0 bridgehead atoms. The zero-order valence-electron chi connectivity index (χ0n) is 10.1. The molecule has 17 heavy (non-hydrogen) atoms. The van der Waals surface area contributed by atoms with Gasteiger partial charge in [0.1, 0.15) is 11.6 Å². The summed E-state index contributed by atoms with van der Waals surface area (Å²) in [5.41, 5.74) is 0. The summed E-state index contributed by atoms with van der Waals surface area (Å²) in [5, 5.41) is 0. The van der Waals surface area contributed by atoms with Gasteiger partial charge in [0, 0.05) is 0 Å². The second kappa shape index (κ2) is 6.89. The molecule has 0 fully saturated rings. The molecular formula is C13H17FO3. The van der Waals surface area contributed by atoms with Crippen LogP contribution in [0, 0.1) is 5.82 Å². The van der Waals surface area contributed by atoms with E-state index in [1.807, 2.05) is 6.92 Å². The zero-order valence-corrected chi connectivity index (χ0v) is 10.1. The molecule has 0 aliphatic heterocycles. The van der Waals surface area contributed by atoms with E-state index in [1.165, 1.54) is 31.4 Å². The molecule has 0 aromatic heterocycles. The average Bonchev–Trinajstić information content (AvgIpc) is 2.36. The first-order chi connectivity index (χ1) is 8.17. The number of benzene rings is 1. The minimum atomic E-state index is -0.620. The van der Waals surface area contributed by atoms with Gasteiger partial charge >= 0.3 is 5.97 Å². The lowest BCUT2D eigenvalue weighted by Crippen LogP contribution is -2.28. The number of carbonyl (C=O) groups excluding carboxylic acids is 1. The third kappa shape index (κ3) is 4.43. The molecular weight excluding hydrogens is 223 g/mol. The molecule has 0 heterocycles. The van der Waals surface area contributed by atoms with Crippen LogP contribution in [0.2, 0.25) is 0 Å². The maximum atomic E-state index is 12.7. The maximum absolute atomic E-state index is 12.7. The van der Waals surface area contributed by atoms with E-state index in [0.717, 1.165) is 12.8 Å². The van der Waals surface area contributed by atoms with Crippen LogP contribution in [0.5, 0.6) is 5.75 Å². The largest absolute Gasteiger partial charge is 0.479 e. The van der Waals surface area contributed by atoms with Gasteiger partial charge in [-0.05, 0) is 37.1 Å². The Hall–Kier alpha value is -1.58. The predicted molar refractivity (Wildman–Crippen MR) is 62.4 cm³/mol. The number of ether oxygens (including phenoxy) is 2. The molecule has 1 unspecified atom stereocenters. The molecule has 0 aliphatic rings. The van der Waals surface area contributed by atoms with Gasteiger partial charge in [0.25, 0.3) is 0 Å². The SMILES string of the molecule is CCCCC(Oc1ccc(F)cc1)C(=O)OC. The van der Waals surface area contributed by atoms with E-state index in [1.54, 1.807) is 0 Å². The second-order valence-electron chi connectivity index (χ2n) is 3.73. The molecule has 0 spiro atoms. The Balaban J connectivity index is 2.64. The van der Waals surface area contributed by atoms with Gasteiger partial charge in [-0.1, -0.05) is 13.3 Å². The molecule has 0 amide bonds. The highest BCUT2D eigenvalue weighted by molar-refractivity contribution is 5.74. The van der Waals surface area contributed by atoms with Gasteiger partial charge in [-0.2, -0.15) is 0 Å². The number of unbranched alkanes of at least 4 members (excludes halogenated alkanes) is 1. The number of methoxy groups -OCH3 is 1. The van der Waals surface area contributed by atoms with Gasteiger partial charge in [0.15, 0.2) is 6.10 Å². The van der Waals surface area contributed by atoms with Crippen LogP contribution >= 0.6 is 0 Å². The van der Waals surface area contributed by atoms with Gasteiger partial charge in [0.2, 0.25) is 0 Å². The Morgan fingerprint density at radius 3 is 2.53 bits per heavy atom. The normalized spacial score (nSPS) is 11.9. The highest BCUT2D eigenvalue weighted by Crippen LogP contribution is 2.16. The third-order valence-electron chi connectivity index (χ3n) is 2.38. The summed E-state index contributed by atoms with van der Waals surface area (Å²) in [4.78, 5) is 11.5. The smallest absolute Gasteiger partial charge is 0.347 e. The van der Waals surface area contributed by atoms with Crippen molar-refractivity contribution in [2.75, 3.05) is 7.11 Å². The predicted octanol–water partition coefficient (Wildman–Crippen LogP) is 2.94. The summed E-state index contributed by atoms with van der Waals surface area (Å²) >= 11 is 0. The first-order valence-corrected chi connectivity index (χ1v) is 5.67. The standard InChI is InChI=1S/C13H17FO3/c1-3-4-5-12(13(15)16-2)17-11-8-6-10(14)7-9-11/h6-9,12H,3-5H2,1-2H3.